The molecule has 0 aliphatic heterocycles. The van der Waals surface area contributed by atoms with Crippen LogP contribution in [0.1, 0.15) is 195 Å². The number of ether oxygens (including phenoxy) is 7. The highest BCUT2D eigenvalue weighted by Crippen LogP contribution is 2.61. The first kappa shape index (κ1) is 55.9. The molecule has 14 nitrogen and oxygen atoms in total. The molecular formula is C51H87NO13. The van der Waals surface area contributed by atoms with Crippen LogP contribution in [0.3, 0.4) is 0 Å². The minimum absolute atomic E-state index is 0.0471. The third-order valence-electron chi connectivity index (χ3n) is 13.6. The molecule has 14 heteroatoms. The second kappa shape index (κ2) is 32.3. The summed E-state index contributed by atoms with van der Waals surface area (Å²) in [5, 5.41) is 0. The van der Waals surface area contributed by atoms with E-state index in [0.29, 0.717) is 37.4 Å². The fourth-order valence-corrected chi connectivity index (χ4v) is 10.2. The summed E-state index contributed by atoms with van der Waals surface area (Å²) in [4.78, 5) is 79.9. The van der Waals surface area contributed by atoms with E-state index in [0.717, 1.165) is 77.4 Å². The lowest BCUT2D eigenvalue weighted by Gasteiger charge is -2.56. The van der Waals surface area contributed by atoms with Gasteiger partial charge in [0.15, 0.2) is 0 Å². The summed E-state index contributed by atoms with van der Waals surface area (Å²) in [6.07, 6.45) is 19.9. The summed E-state index contributed by atoms with van der Waals surface area (Å²) in [6, 6.07) is 0. The second-order valence-electron chi connectivity index (χ2n) is 19.5. The fraction of sp³-hybridized carbons (Fsp3) is 0.882. The first-order valence-electron chi connectivity index (χ1n) is 25.7. The number of carbonyl (C=O) groups excluding carboxylic acids is 6. The van der Waals surface area contributed by atoms with Gasteiger partial charge in [-0.05, 0) is 107 Å². The Bertz CT molecular complexity index is 1310. The molecule has 0 radical (unpaired) electrons. The van der Waals surface area contributed by atoms with Crippen LogP contribution in [0, 0.1) is 28.6 Å². The van der Waals surface area contributed by atoms with E-state index < -0.39 is 49.3 Å². The first-order valence-corrected chi connectivity index (χ1v) is 25.7. The lowest BCUT2D eigenvalue weighted by atomic mass is 9.49. The molecule has 0 spiro atoms. The van der Waals surface area contributed by atoms with Crippen LogP contribution in [0.5, 0.6) is 0 Å². The van der Waals surface area contributed by atoms with E-state index in [1.54, 1.807) is 0 Å². The summed E-state index contributed by atoms with van der Waals surface area (Å²) in [5.74, 6) is -0.479. The number of unbranched alkanes of at least 4 members (excludes halogenated alkanes) is 10. The van der Waals surface area contributed by atoms with Crippen LogP contribution in [0.25, 0.3) is 0 Å². The van der Waals surface area contributed by atoms with Gasteiger partial charge in [-0.25, -0.2) is 4.79 Å². The van der Waals surface area contributed by atoms with Crippen LogP contribution in [0.4, 0.5) is 4.79 Å². The first-order chi connectivity index (χ1) is 31.4. The lowest BCUT2D eigenvalue weighted by molar-refractivity contribution is -0.168. The van der Waals surface area contributed by atoms with E-state index in [9.17, 15) is 28.8 Å². The molecule has 0 N–H and O–H groups in total. The van der Waals surface area contributed by atoms with Crippen molar-refractivity contribution < 1.29 is 61.9 Å². The normalized spacial score (nSPS) is 19.7. The van der Waals surface area contributed by atoms with Crippen LogP contribution in [-0.4, -0.2) is 107 Å². The average Bonchev–Trinajstić information content (AvgIpc) is 3.27. The summed E-state index contributed by atoms with van der Waals surface area (Å²) < 4.78 is 39.1. The molecule has 0 unspecified atom stereocenters. The largest absolute Gasteiger partial charge is 0.508 e. The van der Waals surface area contributed by atoms with E-state index in [2.05, 4.69) is 32.6 Å². The van der Waals surface area contributed by atoms with Gasteiger partial charge in [0, 0.05) is 32.2 Å². The Balaban J connectivity index is 1.63. The quantitative estimate of drug-likeness (QED) is 0.0325. The predicted octanol–water partition coefficient (Wildman–Crippen LogP) is 10.2. The lowest BCUT2D eigenvalue weighted by Crippen LogP contribution is -2.47. The van der Waals surface area contributed by atoms with E-state index >= 15 is 0 Å². The van der Waals surface area contributed by atoms with Crippen molar-refractivity contribution in [1.82, 2.24) is 4.90 Å². The minimum Gasteiger partial charge on any atom is -0.466 e. The van der Waals surface area contributed by atoms with Crippen molar-refractivity contribution in [3.8, 4) is 0 Å². The second-order valence-corrected chi connectivity index (χ2v) is 19.5. The molecule has 4 saturated carbocycles. The fourth-order valence-electron chi connectivity index (χ4n) is 10.2. The van der Waals surface area contributed by atoms with Crippen LogP contribution >= 0.6 is 0 Å². The van der Waals surface area contributed by atoms with Crippen molar-refractivity contribution in [3.63, 3.8) is 0 Å². The van der Waals surface area contributed by atoms with E-state index in [4.69, 9.17) is 33.2 Å². The van der Waals surface area contributed by atoms with Gasteiger partial charge < -0.3 is 38.1 Å². The Morgan fingerprint density at radius 3 is 1.28 bits per heavy atom. The summed E-state index contributed by atoms with van der Waals surface area (Å²) in [5.41, 5.74) is -1.57. The highest BCUT2D eigenvalue weighted by Gasteiger charge is 2.52. The number of nitrogens with zero attached hydrogens (tertiary/aromatic N) is 1. The van der Waals surface area contributed by atoms with Crippen molar-refractivity contribution in [2.75, 3.05) is 65.9 Å². The molecule has 4 aliphatic rings. The van der Waals surface area contributed by atoms with Gasteiger partial charge in [-0.3, -0.25) is 24.0 Å². The Morgan fingerprint density at radius 2 is 0.831 bits per heavy atom. The monoisotopic (exact) mass is 922 g/mol. The van der Waals surface area contributed by atoms with E-state index in [1.165, 1.54) is 57.8 Å². The average molecular weight is 922 g/mol. The number of carbonyl (C=O) groups is 6. The van der Waals surface area contributed by atoms with E-state index in [1.807, 2.05) is 0 Å². The Kier molecular flexibility index (Phi) is 27.8. The molecule has 0 aromatic carbocycles. The van der Waals surface area contributed by atoms with Gasteiger partial charge in [0.1, 0.15) is 31.8 Å². The van der Waals surface area contributed by atoms with Gasteiger partial charge in [0.2, 0.25) is 0 Å². The van der Waals surface area contributed by atoms with Crippen LogP contribution in [0.15, 0.2) is 0 Å². The van der Waals surface area contributed by atoms with Crippen molar-refractivity contribution in [2.24, 2.45) is 28.6 Å². The van der Waals surface area contributed by atoms with Crippen molar-refractivity contribution in [3.05, 3.63) is 0 Å². The zero-order valence-electron chi connectivity index (χ0n) is 40.9. The molecule has 0 heterocycles. The minimum atomic E-state index is -1.48. The number of esters is 5. The standard InChI is InChI=1S/C51H87NO13/c1-5-9-11-13-15-17-27-59-44(53)22-19-24-46(55)62-37-51(40-65-49(58)61-29-21-26-52(7-3)8-4,38-63-47(56)25-20-23-45(54)60-28-18-16-14-12-10-6-2)39-64-48(57)36-50-33-41-30-42(34-50)32-43(31-41)35-50/h41-43H,5-40H2,1-4H3. The number of hydrogen-bond donors (Lipinski definition) is 0. The Morgan fingerprint density at radius 1 is 0.446 bits per heavy atom. The van der Waals surface area contributed by atoms with E-state index in [-0.39, 0.29) is 75.5 Å². The van der Waals surface area contributed by atoms with Crippen molar-refractivity contribution in [1.29, 1.82) is 0 Å². The van der Waals surface area contributed by atoms with Gasteiger partial charge in [0.25, 0.3) is 0 Å². The SMILES string of the molecule is CCCCCCCCOC(=O)CCCC(=O)OCC(COC(=O)CCCC(=O)OCCCCCCCC)(COC(=O)CC12CC3CC(CC(C3)C1)C2)COC(=O)OCCCN(CC)CC. The molecule has 4 bridgehead atoms. The van der Waals surface area contributed by atoms with Gasteiger partial charge in [-0.2, -0.15) is 0 Å². The highest BCUT2D eigenvalue weighted by molar-refractivity contribution is 5.73. The molecule has 4 aliphatic carbocycles. The number of rotatable bonds is 38. The number of hydrogen-bond acceptors (Lipinski definition) is 14. The molecular weight excluding hydrogens is 835 g/mol. The van der Waals surface area contributed by atoms with Gasteiger partial charge in [-0.1, -0.05) is 91.9 Å². The molecule has 0 amide bonds. The van der Waals surface area contributed by atoms with Gasteiger partial charge in [0.05, 0.1) is 26.2 Å². The third kappa shape index (κ3) is 23.7. The Labute approximate surface area is 390 Å². The van der Waals surface area contributed by atoms with Crippen molar-refractivity contribution >= 4 is 36.0 Å². The zero-order valence-corrected chi connectivity index (χ0v) is 40.9. The zero-order chi connectivity index (χ0) is 47.2. The molecule has 4 rings (SSSR count). The van der Waals surface area contributed by atoms with Crippen LogP contribution in [-0.2, 0) is 57.1 Å². The maximum absolute atomic E-state index is 13.7. The maximum atomic E-state index is 13.7. The Hall–Kier alpha value is -3.42. The third-order valence-corrected chi connectivity index (χ3v) is 13.6. The highest BCUT2D eigenvalue weighted by atomic mass is 16.7. The molecule has 0 aromatic heterocycles. The molecule has 65 heavy (non-hydrogen) atoms. The van der Waals surface area contributed by atoms with Gasteiger partial charge in [-0.15, -0.1) is 0 Å². The molecule has 0 aromatic rings. The topological polar surface area (TPSA) is 170 Å². The molecule has 0 saturated heterocycles. The van der Waals surface area contributed by atoms with Gasteiger partial charge >= 0.3 is 36.0 Å². The molecule has 374 valence electrons. The van der Waals surface area contributed by atoms with Crippen LogP contribution in [0.2, 0.25) is 0 Å². The molecule has 4 fully saturated rings. The summed E-state index contributed by atoms with van der Waals surface area (Å²) >= 11 is 0. The van der Waals surface area contributed by atoms with Crippen molar-refractivity contribution in [2.45, 2.75) is 195 Å². The van der Waals surface area contributed by atoms with Crippen LogP contribution < -0.4 is 0 Å². The summed E-state index contributed by atoms with van der Waals surface area (Å²) in [6.45, 7) is 10.1. The predicted molar refractivity (Wildman–Crippen MR) is 247 cm³/mol. The maximum Gasteiger partial charge on any atom is 0.508 e. The summed E-state index contributed by atoms with van der Waals surface area (Å²) in [7, 11) is 0. The smallest absolute Gasteiger partial charge is 0.466 e. The molecule has 0 atom stereocenters.